The molecule has 0 saturated carbocycles. The Kier molecular flexibility index (Phi) is 5.03. The van der Waals surface area contributed by atoms with Crippen molar-refractivity contribution in [3.8, 4) is 0 Å². The van der Waals surface area contributed by atoms with Gasteiger partial charge in [0.25, 0.3) is 5.91 Å². The molecule has 4 rings (SSSR count). The molecule has 9 heteroatoms. The Balaban J connectivity index is 1.43. The molecule has 4 aromatic rings. The summed E-state index contributed by atoms with van der Waals surface area (Å²) in [5, 5.41) is 13.5. The summed E-state index contributed by atoms with van der Waals surface area (Å²) in [5.74, 6) is -0.189. The number of para-hydroxylation sites is 1. The van der Waals surface area contributed by atoms with Gasteiger partial charge in [-0.1, -0.05) is 41.3 Å². The Morgan fingerprint density at radius 2 is 1.89 bits per heavy atom. The van der Waals surface area contributed by atoms with Gasteiger partial charge in [-0.3, -0.25) is 4.79 Å². The monoisotopic (exact) mass is 397 g/mol. The van der Waals surface area contributed by atoms with Crippen LogP contribution < -0.4 is 5.32 Å². The van der Waals surface area contributed by atoms with E-state index in [0.29, 0.717) is 16.4 Å². The lowest BCUT2D eigenvalue weighted by molar-refractivity contribution is 0.102. The average molecular weight is 397 g/mol. The van der Waals surface area contributed by atoms with Crippen LogP contribution in [-0.4, -0.2) is 26.1 Å². The third-order valence-electron chi connectivity index (χ3n) is 3.60. The summed E-state index contributed by atoms with van der Waals surface area (Å²) in [6, 6.07) is 13.3. The third kappa shape index (κ3) is 4.09. The number of halogens is 1. The fourth-order valence-electron chi connectivity index (χ4n) is 2.35. The number of aromatic nitrogens is 4. The lowest BCUT2D eigenvalue weighted by atomic mass is 10.2. The number of anilines is 1. The molecule has 0 radical (unpaired) electrons. The fraction of sp³-hybridized carbons (Fsp3) is 0.0556. The first kappa shape index (κ1) is 17.5. The normalized spacial score (nSPS) is 10.9. The number of rotatable bonds is 5. The first-order valence-electron chi connectivity index (χ1n) is 7.91. The second-order valence-electron chi connectivity index (χ2n) is 5.45. The van der Waals surface area contributed by atoms with Crippen molar-refractivity contribution in [2.24, 2.45) is 0 Å². The number of nitrogens with zero attached hydrogens (tertiary/aromatic N) is 4. The van der Waals surface area contributed by atoms with Crippen LogP contribution in [0.25, 0.3) is 10.9 Å². The van der Waals surface area contributed by atoms with Crippen LogP contribution in [0, 0.1) is 5.82 Å². The van der Waals surface area contributed by atoms with Crippen molar-refractivity contribution in [2.75, 3.05) is 5.32 Å². The molecule has 0 aliphatic heterocycles. The maximum Gasteiger partial charge on any atom is 0.286 e. The Bertz CT molecular complexity index is 1100. The smallest absolute Gasteiger partial charge is 0.286 e. The zero-order valence-electron chi connectivity index (χ0n) is 13.8. The molecule has 0 spiro atoms. The summed E-state index contributed by atoms with van der Waals surface area (Å²) in [4.78, 5) is 20.8. The zero-order valence-corrected chi connectivity index (χ0v) is 15.4. The molecule has 27 heavy (non-hydrogen) atoms. The molecule has 0 unspecified atom stereocenters. The van der Waals surface area contributed by atoms with E-state index in [0.717, 1.165) is 15.9 Å². The Morgan fingerprint density at radius 1 is 1.07 bits per heavy atom. The zero-order chi connectivity index (χ0) is 18.6. The number of carbonyl (C=O) groups excluding carboxylic acids is 1. The van der Waals surface area contributed by atoms with Crippen LogP contribution >= 0.6 is 23.1 Å². The standard InChI is InChI=1S/C18H12FN5OS2/c19-11-5-7-12(8-6-11)22-16(25)18-24-23-15(27-18)9-26-17-13-3-1-2-4-14(13)20-10-21-17/h1-8,10H,9H2,(H,22,25). The minimum atomic E-state index is -0.372. The molecule has 0 bridgehead atoms. The minimum Gasteiger partial charge on any atom is -0.320 e. The maximum atomic E-state index is 12.9. The summed E-state index contributed by atoms with van der Waals surface area (Å²) < 4.78 is 12.9. The molecule has 0 fully saturated rings. The van der Waals surface area contributed by atoms with Crippen LogP contribution in [0.3, 0.4) is 0 Å². The van der Waals surface area contributed by atoms with Crippen molar-refractivity contribution in [1.82, 2.24) is 20.2 Å². The van der Waals surface area contributed by atoms with Gasteiger partial charge in [0.15, 0.2) is 0 Å². The van der Waals surface area contributed by atoms with Crippen molar-refractivity contribution < 1.29 is 9.18 Å². The molecule has 2 aromatic carbocycles. The van der Waals surface area contributed by atoms with E-state index in [1.165, 1.54) is 53.7 Å². The van der Waals surface area contributed by atoms with Crippen LogP contribution in [0.4, 0.5) is 10.1 Å². The maximum absolute atomic E-state index is 12.9. The number of carbonyl (C=O) groups is 1. The van der Waals surface area contributed by atoms with E-state index < -0.39 is 0 Å². The fourth-order valence-corrected chi connectivity index (χ4v) is 4.06. The second kappa shape index (κ2) is 7.77. The lowest BCUT2D eigenvalue weighted by Gasteiger charge is -2.02. The minimum absolute atomic E-state index is 0.252. The first-order valence-corrected chi connectivity index (χ1v) is 9.71. The van der Waals surface area contributed by atoms with Crippen LogP contribution in [0.1, 0.15) is 14.8 Å². The van der Waals surface area contributed by atoms with Crippen molar-refractivity contribution in [3.05, 3.63) is 70.7 Å². The van der Waals surface area contributed by atoms with Crippen molar-refractivity contribution >= 4 is 45.6 Å². The van der Waals surface area contributed by atoms with E-state index in [1.54, 1.807) is 0 Å². The largest absolute Gasteiger partial charge is 0.320 e. The molecular weight excluding hydrogens is 385 g/mol. The van der Waals surface area contributed by atoms with Crippen LogP contribution in [0.15, 0.2) is 59.9 Å². The Hall–Kier alpha value is -2.91. The topological polar surface area (TPSA) is 80.7 Å². The number of hydrogen-bond donors (Lipinski definition) is 1. The molecule has 2 aromatic heterocycles. The van der Waals surface area contributed by atoms with Crippen molar-refractivity contribution in [1.29, 1.82) is 0 Å². The van der Waals surface area contributed by atoms with Gasteiger partial charge >= 0.3 is 0 Å². The highest BCUT2D eigenvalue weighted by molar-refractivity contribution is 7.98. The molecule has 0 atom stereocenters. The molecular formula is C18H12FN5OS2. The van der Waals surface area contributed by atoms with Crippen molar-refractivity contribution in [2.45, 2.75) is 10.8 Å². The number of nitrogens with one attached hydrogen (secondary N) is 1. The van der Waals surface area contributed by atoms with E-state index in [2.05, 4.69) is 25.5 Å². The molecule has 0 saturated heterocycles. The van der Waals surface area contributed by atoms with Gasteiger partial charge in [-0.15, -0.1) is 10.2 Å². The van der Waals surface area contributed by atoms with Gasteiger partial charge in [0, 0.05) is 11.1 Å². The van der Waals surface area contributed by atoms with Gasteiger partial charge in [-0.2, -0.15) is 0 Å². The highest BCUT2D eigenvalue weighted by Crippen LogP contribution is 2.28. The Morgan fingerprint density at radius 3 is 2.74 bits per heavy atom. The number of benzene rings is 2. The quantitative estimate of drug-likeness (QED) is 0.402. The summed E-state index contributed by atoms with van der Waals surface area (Å²) in [6.45, 7) is 0. The van der Waals surface area contributed by atoms with E-state index in [9.17, 15) is 9.18 Å². The first-order chi connectivity index (χ1) is 13.2. The van der Waals surface area contributed by atoms with Gasteiger partial charge in [-0.25, -0.2) is 14.4 Å². The van der Waals surface area contributed by atoms with Crippen LogP contribution in [0.5, 0.6) is 0 Å². The molecule has 134 valence electrons. The van der Waals surface area contributed by atoms with E-state index in [4.69, 9.17) is 0 Å². The van der Waals surface area contributed by atoms with E-state index in [1.807, 2.05) is 24.3 Å². The average Bonchev–Trinajstić information content (AvgIpc) is 3.17. The summed E-state index contributed by atoms with van der Waals surface area (Å²) in [7, 11) is 0. The molecule has 0 aliphatic carbocycles. The summed E-state index contributed by atoms with van der Waals surface area (Å²) in [6.07, 6.45) is 1.53. The number of hydrogen-bond acceptors (Lipinski definition) is 7. The SMILES string of the molecule is O=C(Nc1ccc(F)cc1)c1nnc(CSc2ncnc3ccccc23)s1. The van der Waals surface area contributed by atoms with Crippen molar-refractivity contribution in [3.63, 3.8) is 0 Å². The van der Waals surface area contributed by atoms with Gasteiger partial charge in [0.1, 0.15) is 22.2 Å². The highest BCUT2D eigenvalue weighted by Gasteiger charge is 2.14. The Labute approximate surface area is 161 Å². The number of fused-ring (bicyclic) bond motifs is 1. The molecule has 1 amide bonds. The summed E-state index contributed by atoms with van der Waals surface area (Å²) >= 11 is 2.73. The van der Waals surface area contributed by atoms with Crippen LogP contribution in [-0.2, 0) is 5.75 Å². The lowest BCUT2D eigenvalue weighted by Crippen LogP contribution is -2.11. The number of amides is 1. The predicted octanol–water partition coefficient (Wildman–Crippen LogP) is 4.17. The highest BCUT2D eigenvalue weighted by atomic mass is 32.2. The molecule has 6 nitrogen and oxygen atoms in total. The van der Waals surface area contributed by atoms with E-state index >= 15 is 0 Å². The van der Waals surface area contributed by atoms with Gasteiger partial charge < -0.3 is 5.32 Å². The number of thioether (sulfide) groups is 1. The van der Waals surface area contributed by atoms with Gasteiger partial charge in [0.05, 0.1) is 11.3 Å². The molecule has 0 aliphatic rings. The summed E-state index contributed by atoms with van der Waals surface area (Å²) in [5.41, 5.74) is 1.38. The third-order valence-corrected chi connectivity index (χ3v) is 5.72. The predicted molar refractivity (Wildman–Crippen MR) is 103 cm³/mol. The second-order valence-corrected chi connectivity index (χ2v) is 7.47. The van der Waals surface area contributed by atoms with Gasteiger partial charge in [-0.05, 0) is 30.3 Å². The van der Waals surface area contributed by atoms with Crippen LogP contribution in [0.2, 0.25) is 0 Å². The molecule has 1 N–H and O–H groups in total. The molecule has 2 heterocycles. The van der Waals surface area contributed by atoms with E-state index in [-0.39, 0.29) is 16.7 Å². The van der Waals surface area contributed by atoms with Gasteiger partial charge in [0.2, 0.25) is 5.01 Å².